The minimum atomic E-state index is -0.144. The Labute approximate surface area is 130 Å². The zero-order chi connectivity index (χ0) is 15.1. The number of thiazole rings is 1. The van der Waals surface area contributed by atoms with E-state index in [2.05, 4.69) is 15.2 Å². The van der Waals surface area contributed by atoms with Crippen LogP contribution in [0.4, 0.5) is 0 Å². The zero-order valence-corrected chi connectivity index (χ0v) is 12.7. The van der Waals surface area contributed by atoms with E-state index >= 15 is 0 Å². The first-order chi connectivity index (χ1) is 10.7. The lowest BCUT2D eigenvalue weighted by atomic mass is 10.1. The van der Waals surface area contributed by atoms with E-state index in [1.54, 1.807) is 0 Å². The second-order valence-corrected chi connectivity index (χ2v) is 6.21. The van der Waals surface area contributed by atoms with Gasteiger partial charge in [0.25, 0.3) is 5.56 Å². The Morgan fingerprint density at radius 3 is 2.55 bits per heavy atom. The van der Waals surface area contributed by atoms with Crippen LogP contribution in [0.2, 0.25) is 0 Å². The van der Waals surface area contributed by atoms with Gasteiger partial charge in [-0.25, -0.2) is 4.98 Å². The lowest BCUT2D eigenvalue weighted by Gasteiger charge is -2.01. The number of fused-ring (bicyclic) bond motifs is 1. The number of aromatic nitrogens is 3. The molecule has 0 saturated carbocycles. The highest BCUT2D eigenvalue weighted by Crippen LogP contribution is 2.33. The van der Waals surface area contributed by atoms with Gasteiger partial charge in [0, 0.05) is 5.56 Å². The first-order valence-electron chi connectivity index (χ1n) is 6.96. The molecule has 22 heavy (non-hydrogen) atoms. The fourth-order valence-corrected chi connectivity index (χ4v) is 3.49. The van der Waals surface area contributed by atoms with Crippen molar-refractivity contribution >= 4 is 21.6 Å². The third-order valence-electron chi connectivity index (χ3n) is 3.63. The molecular weight excluding hydrogens is 294 g/mol. The third-order valence-corrected chi connectivity index (χ3v) is 4.68. The molecule has 4 aromatic rings. The average molecular weight is 307 g/mol. The summed E-state index contributed by atoms with van der Waals surface area (Å²) in [5, 5.41) is 6.40. The Morgan fingerprint density at radius 1 is 1.00 bits per heavy atom. The summed E-state index contributed by atoms with van der Waals surface area (Å²) in [7, 11) is 0. The van der Waals surface area contributed by atoms with Gasteiger partial charge >= 0.3 is 0 Å². The molecule has 0 radical (unpaired) electrons. The number of benzene rings is 2. The molecule has 0 atom stereocenters. The van der Waals surface area contributed by atoms with Crippen molar-refractivity contribution in [2.24, 2.45) is 0 Å². The van der Waals surface area contributed by atoms with Gasteiger partial charge in [0.2, 0.25) is 0 Å². The Balaban J connectivity index is 1.93. The van der Waals surface area contributed by atoms with E-state index in [1.165, 1.54) is 16.9 Å². The number of rotatable bonds is 2. The average Bonchev–Trinajstić information content (AvgIpc) is 3.11. The standard InChI is InChI=1S/C17H13N3OS/c1-10-6-8-11(9-7-10)15-14(16(21)20-19-15)17-18-12-4-2-3-5-13(12)22-17/h2-9H,1H3,(H2,19,20,21). The first kappa shape index (κ1) is 13.0. The molecule has 108 valence electrons. The number of aromatic amines is 2. The van der Waals surface area contributed by atoms with Crippen LogP contribution in [-0.2, 0) is 0 Å². The van der Waals surface area contributed by atoms with Gasteiger partial charge in [-0.05, 0) is 19.1 Å². The highest BCUT2D eigenvalue weighted by molar-refractivity contribution is 7.21. The Bertz CT molecular complexity index is 975. The predicted molar refractivity (Wildman–Crippen MR) is 90.2 cm³/mol. The van der Waals surface area contributed by atoms with E-state index in [1.807, 2.05) is 55.5 Å². The van der Waals surface area contributed by atoms with E-state index in [4.69, 9.17) is 0 Å². The van der Waals surface area contributed by atoms with Crippen LogP contribution >= 0.6 is 11.3 Å². The summed E-state index contributed by atoms with van der Waals surface area (Å²) in [6.45, 7) is 2.04. The summed E-state index contributed by atoms with van der Waals surface area (Å²) >= 11 is 1.53. The van der Waals surface area contributed by atoms with Crippen molar-refractivity contribution in [3.63, 3.8) is 0 Å². The second kappa shape index (κ2) is 4.96. The number of aryl methyl sites for hydroxylation is 1. The topological polar surface area (TPSA) is 61.5 Å². The first-order valence-corrected chi connectivity index (χ1v) is 7.77. The van der Waals surface area contributed by atoms with Crippen LogP contribution in [0.1, 0.15) is 5.56 Å². The fraction of sp³-hybridized carbons (Fsp3) is 0.0588. The fourth-order valence-electron chi connectivity index (χ4n) is 2.48. The van der Waals surface area contributed by atoms with E-state index in [0.717, 1.165) is 26.5 Å². The van der Waals surface area contributed by atoms with Crippen molar-refractivity contribution in [1.82, 2.24) is 15.2 Å². The van der Waals surface area contributed by atoms with E-state index in [-0.39, 0.29) is 5.56 Å². The Kier molecular flexibility index (Phi) is 2.94. The van der Waals surface area contributed by atoms with Crippen molar-refractivity contribution in [3.8, 4) is 21.8 Å². The lowest BCUT2D eigenvalue weighted by Crippen LogP contribution is -2.01. The molecule has 0 unspecified atom stereocenters. The van der Waals surface area contributed by atoms with Crippen molar-refractivity contribution in [3.05, 3.63) is 64.4 Å². The van der Waals surface area contributed by atoms with E-state index < -0.39 is 0 Å². The maximum Gasteiger partial charge on any atom is 0.274 e. The molecule has 2 aromatic carbocycles. The molecule has 0 aliphatic carbocycles. The number of hydrogen-bond donors (Lipinski definition) is 2. The summed E-state index contributed by atoms with van der Waals surface area (Å²) in [5.41, 5.74) is 4.31. The Hall–Kier alpha value is -2.66. The number of para-hydroxylation sites is 1. The molecule has 0 bridgehead atoms. The molecule has 2 aromatic heterocycles. The highest BCUT2D eigenvalue weighted by Gasteiger charge is 2.17. The summed E-state index contributed by atoms with van der Waals surface area (Å²) in [4.78, 5) is 16.8. The molecule has 0 amide bonds. The van der Waals surface area contributed by atoms with Crippen LogP contribution in [0.3, 0.4) is 0 Å². The molecule has 0 fully saturated rings. The number of nitrogens with one attached hydrogen (secondary N) is 2. The minimum Gasteiger partial charge on any atom is -0.297 e. The molecule has 5 heteroatoms. The zero-order valence-electron chi connectivity index (χ0n) is 11.9. The minimum absolute atomic E-state index is 0.144. The van der Waals surface area contributed by atoms with Crippen molar-refractivity contribution in [2.45, 2.75) is 6.92 Å². The molecule has 2 heterocycles. The molecule has 4 nitrogen and oxygen atoms in total. The van der Waals surface area contributed by atoms with Crippen LogP contribution in [0.5, 0.6) is 0 Å². The maximum atomic E-state index is 12.2. The highest BCUT2D eigenvalue weighted by atomic mass is 32.1. The molecular formula is C17H13N3OS. The van der Waals surface area contributed by atoms with Gasteiger partial charge in [-0.3, -0.25) is 15.0 Å². The number of H-pyrrole nitrogens is 2. The SMILES string of the molecule is Cc1ccc(-c2[nH][nH]c(=O)c2-c2nc3ccccc3s2)cc1. The number of hydrogen-bond acceptors (Lipinski definition) is 3. The van der Waals surface area contributed by atoms with Crippen molar-refractivity contribution in [2.75, 3.05) is 0 Å². The summed E-state index contributed by atoms with van der Waals surface area (Å²) in [6, 6.07) is 16.0. The van der Waals surface area contributed by atoms with Crippen LogP contribution in [-0.4, -0.2) is 15.2 Å². The Morgan fingerprint density at radius 2 is 1.77 bits per heavy atom. The molecule has 4 rings (SSSR count). The van der Waals surface area contributed by atoms with Crippen molar-refractivity contribution in [1.29, 1.82) is 0 Å². The predicted octanol–water partition coefficient (Wildman–Crippen LogP) is 3.96. The third kappa shape index (κ3) is 2.07. The second-order valence-electron chi connectivity index (χ2n) is 5.18. The van der Waals surface area contributed by atoms with Crippen LogP contribution in [0.25, 0.3) is 32.0 Å². The van der Waals surface area contributed by atoms with Gasteiger partial charge in [0.1, 0.15) is 10.6 Å². The molecule has 0 spiro atoms. The van der Waals surface area contributed by atoms with Crippen LogP contribution in [0, 0.1) is 6.92 Å². The summed E-state index contributed by atoms with van der Waals surface area (Å²) in [6.07, 6.45) is 0. The number of nitrogens with zero attached hydrogens (tertiary/aromatic N) is 1. The molecule has 0 aliphatic heterocycles. The van der Waals surface area contributed by atoms with Crippen LogP contribution in [0.15, 0.2) is 53.3 Å². The van der Waals surface area contributed by atoms with E-state index in [0.29, 0.717) is 5.56 Å². The van der Waals surface area contributed by atoms with Gasteiger partial charge in [-0.15, -0.1) is 11.3 Å². The van der Waals surface area contributed by atoms with Gasteiger partial charge in [-0.2, -0.15) is 0 Å². The summed E-state index contributed by atoms with van der Waals surface area (Å²) in [5.74, 6) is 0. The molecule has 2 N–H and O–H groups in total. The largest absolute Gasteiger partial charge is 0.297 e. The monoisotopic (exact) mass is 307 g/mol. The quantitative estimate of drug-likeness (QED) is 0.589. The van der Waals surface area contributed by atoms with Crippen molar-refractivity contribution < 1.29 is 0 Å². The van der Waals surface area contributed by atoms with Crippen LogP contribution < -0.4 is 5.56 Å². The summed E-state index contributed by atoms with van der Waals surface area (Å²) < 4.78 is 1.08. The van der Waals surface area contributed by atoms with E-state index in [9.17, 15) is 4.79 Å². The normalized spacial score (nSPS) is 11.1. The smallest absolute Gasteiger partial charge is 0.274 e. The van der Waals surface area contributed by atoms with Gasteiger partial charge in [0.05, 0.1) is 15.9 Å². The maximum absolute atomic E-state index is 12.2. The molecule has 0 saturated heterocycles. The molecule has 0 aliphatic rings. The van der Waals surface area contributed by atoms with Gasteiger partial charge in [0.15, 0.2) is 0 Å². The lowest BCUT2D eigenvalue weighted by molar-refractivity contribution is 1.06. The van der Waals surface area contributed by atoms with Gasteiger partial charge < -0.3 is 0 Å². The van der Waals surface area contributed by atoms with Gasteiger partial charge in [-0.1, -0.05) is 42.0 Å².